The van der Waals surface area contributed by atoms with E-state index in [9.17, 15) is 4.79 Å². The molecule has 0 spiro atoms. The average molecular weight is 595 g/mol. The van der Waals surface area contributed by atoms with Crippen LogP contribution in [0.3, 0.4) is 0 Å². The molecule has 0 saturated carbocycles. The number of aryl methyl sites for hydroxylation is 2. The van der Waals surface area contributed by atoms with Crippen molar-refractivity contribution in [3.63, 3.8) is 0 Å². The van der Waals surface area contributed by atoms with E-state index >= 15 is 0 Å². The van der Waals surface area contributed by atoms with Gasteiger partial charge in [-0.15, -0.1) is 10.2 Å². The van der Waals surface area contributed by atoms with E-state index in [0.29, 0.717) is 59.6 Å². The predicted molar refractivity (Wildman–Crippen MR) is 165 cm³/mol. The molecule has 0 unspecified atom stereocenters. The molecule has 0 aliphatic carbocycles. The molecule has 41 heavy (non-hydrogen) atoms. The number of hydrogen-bond acceptors (Lipinski definition) is 7. The molecule has 0 aliphatic heterocycles. The summed E-state index contributed by atoms with van der Waals surface area (Å²) in [5.41, 5.74) is 3.60. The lowest BCUT2D eigenvalue weighted by molar-refractivity contribution is -0.113. The maximum Gasteiger partial charge on any atom is 0.234 e. The normalized spacial score (nSPS) is 10.9. The van der Waals surface area contributed by atoms with Crippen LogP contribution < -0.4 is 19.5 Å². The summed E-state index contributed by atoms with van der Waals surface area (Å²) in [7, 11) is 0. The molecule has 0 bridgehead atoms. The SMILES string of the molecule is CCOc1cc(-c2nnc(SCC(=O)Nc3ccc(Cl)cc3C)n2CCc2ccccc2)cc(OCC)c1OCC. The topological polar surface area (TPSA) is 87.5 Å². The second kappa shape index (κ2) is 14.8. The summed E-state index contributed by atoms with van der Waals surface area (Å²) < 4.78 is 19.8. The van der Waals surface area contributed by atoms with Crippen molar-refractivity contribution in [2.75, 3.05) is 30.9 Å². The lowest BCUT2D eigenvalue weighted by Crippen LogP contribution is -2.15. The molecule has 1 heterocycles. The van der Waals surface area contributed by atoms with Crippen LogP contribution in [0.2, 0.25) is 5.02 Å². The van der Waals surface area contributed by atoms with Gasteiger partial charge in [0.25, 0.3) is 0 Å². The third kappa shape index (κ3) is 7.95. The zero-order valence-corrected chi connectivity index (χ0v) is 25.3. The fraction of sp³-hybridized carbons (Fsp3) is 0.323. The van der Waals surface area contributed by atoms with Gasteiger partial charge in [0.2, 0.25) is 11.7 Å². The van der Waals surface area contributed by atoms with E-state index in [1.807, 2.05) is 68.7 Å². The molecule has 0 aliphatic rings. The van der Waals surface area contributed by atoms with E-state index in [-0.39, 0.29) is 11.7 Å². The number of carbonyl (C=O) groups excluding carboxylic acids is 1. The summed E-state index contributed by atoms with van der Waals surface area (Å²) in [6.07, 6.45) is 0.767. The monoisotopic (exact) mass is 594 g/mol. The fourth-order valence-corrected chi connectivity index (χ4v) is 5.29. The molecule has 0 saturated heterocycles. The number of hydrogen-bond donors (Lipinski definition) is 1. The van der Waals surface area contributed by atoms with Gasteiger partial charge in [-0.2, -0.15) is 0 Å². The molecule has 0 radical (unpaired) electrons. The lowest BCUT2D eigenvalue weighted by atomic mass is 10.1. The van der Waals surface area contributed by atoms with Gasteiger partial charge in [0.1, 0.15) is 0 Å². The third-order valence-electron chi connectivity index (χ3n) is 6.15. The van der Waals surface area contributed by atoms with Crippen molar-refractivity contribution in [2.45, 2.75) is 45.8 Å². The molecule has 216 valence electrons. The Hall–Kier alpha value is -3.69. The van der Waals surface area contributed by atoms with Crippen molar-refractivity contribution in [1.29, 1.82) is 0 Å². The van der Waals surface area contributed by atoms with E-state index in [0.717, 1.165) is 23.2 Å². The Morgan fingerprint density at radius 2 is 1.61 bits per heavy atom. The summed E-state index contributed by atoms with van der Waals surface area (Å²) in [5.74, 6) is 2.42. The first kappa shape index (κ1) is 30.3. The minimum Gasteiger partial charge on any atom is -0.490 e. The predicted octanol–water partition coefficient (Wildman–Crippen LogP) is 7.08. The van der Waals surface area contributed by atoms with Gasteiger partial charge in [0.05, 0.1) is 25.6 Å². The summed E-state index contributed by atoms with van der Waals surface area (Å²) in [4.78, 5) is 12.9. The van der Waals surface area contributed by atoms with Gasteiger partial charge < -0.3 is 24.1 Å². The molecule has 4 aromatic rings. The van der Waals surface area contributed by atoms with Gasteiger partial charge in [0, 0.05) is 22.8 Å². The van der Waals surface area contributed by atoms with Crippen LogP contribution >= 0.6 is 23.4 Å². The van der Waals surface area contributed by atoms with E-state index in [2.05, 4.69) is 27.6 Å². The average Bonchev–Trinajstić information content (AvgIpc) is 3.37. The summed E-state index contributed by atoms with van der Waals surface area (Å²) >= 11 is 7.40. The summed E-state index contributed by atoms with van der Waals surface area (Å²) in [6, 6.07) is 19.4. The summed E-state index contributed by atoms with van der Waals surface area (Å²) in [5, 5.41) is 13.3. The van der Waals surface area contributed by atoms with Crippen LogP contribution in [0.4, 0.5) is 5.69 Å². The number of thioether (sulfide) groups is 1. The van der Waals surface area contributed by atoms with Crippen LogP contribution in [-0.2, 0) is 17.8 Å². The van der Waals surface area contributed by atoms with E-state index in [1.54, 1.807) is 12.1 Å². The highest BCUT2D eigenvalue weighted by Crippen LogP contribution is 2.42. The van der Waals surface area contributed by atoms with Gasteiger partial charge in [-0.1, -0.05) is 53.7 Å². The number of carbonyl (C=O) groups is 1. The van der Waals surface area contributed by atoms with Crippen molar-refractivity contribution in [2.24, 2.45) is 0 Å². The minimum atomic E-state index is -0.141. The van der Waals surface area contributed by atoms with Gasteiger partial charge in [0.15, 0.2) is 22.5 Å². The van der Waals surface area contributed by atoms with E-state index in [1.165, 1.54) is 17.3 Å². The van der Waals surface area contributed by atoms with Crippen LogP contribution in [0.1, 0.15) is 31.9 Å². The molecule has 8 nitrogen and oxygen atoms in total. The second-order valence-electron chi connectivity index (χ2n) is 9.09. The van der Waals surface area contributed by atoms with Crippen molar-refractivity contribution in [3.8, 4) is 28.6 Å². The highest BCUT2D eigenvalue weighted by Gasteiger charge is 2.21. The van der Waals surface area contributed by atoms with Crippen molar-refractivity contribution in [1.82, 2.24) is 14.8 Å². The number of nitrogens with one attached hydrogen (secondary N) is 1. The van der Waals surface area contributed by atoms with Crippen molar-refractivity contribution in [3.05, 3.63) is 76.8 Å². The molecule has 1 aromatic heterocycles. The number of benzene rings is 3. The quantitative estimate of drug-likeness (QED) is 0.156. The number of anilines is 1. The largest absolute Gasteiger partial charge is 0.490 e. The molecule has 10 heteroatoms. The van der Waals surface area contributed by atoms with Crippen LogP contribution in [0.15, 0.2) is 65.8 Å². The Morgan fingerprint density at radius 1 is 0.927 bits per heavy atom. The summed E-state index contributed by atoms with van der Waals surface area (Å²) in [6.45, 7) is 9.72. The Kier molecular flexibility index (Phi) is 10.9. The Labute approximate surface area is 250 Å². The minimum absolute atomic E-state index is 0.141. The first-order valence-corrected chi connectivity index (χ1v) is 15.0. The molecular formula is C31H35ClN4O4S. The second-order valence-corrected chi connectivity index (χ2v) is 10.5. The molecule has 1 N–H and O–H groups in total. The standard InChI is InChI=1S/C31H35ClN4O4S/c1-5-38-26-18-23(19-27(39-6-2)29(26)40-7-3)30-34-35-31(36(30)16-15-22-11-9-8-10-12-22)41-20-28(37)33-25-14-13-24(32)17-21(25)4/h8-14,17-19H,5-7,15-16,20H2,1-4H3,(H,33,37). The highest BCUT2D eigenvalue weighted by molar-refractivity contribution is 7.99. The van der Waals surface area contributed by atoms with Crippen LogP contribution in [0.25, 0.3) is 11.4 Å². The smallest absolute Gasteiger partial charge is 0.234 e. The first-order chi connectivity index (χ1) is 19.9. The van der Waals surface area contributed by atoms with Gasteiger partial charge >= 0.3 is 0 Å². The van der Waals surface area contributed by atoms with Crippen molar-refractivity contribution < 1.29 is 19.0 Å². The number of ether oxygens (including phenoxy) is 3. The van der Waals surface area contributed by atoms with Crippen LogP contribution in [0.5, 0.6) is 17.2 Å². The van der Waals surface area contributed by atoms with Gasteiger partial charge in [-0.3, -0.25) is 4.79 Å². The molecule has 1 amide bonds. The third-order valence-corrected chi connectivity index (χ3v) is 7.35. The van der Waals surface area contributed by atoms with Crippen LogP contribution in [-0.4, -0.2) is 46.2 Å². The molecule has 3 aromatic carbocycles. The maximum atomic E-state index is 12.9. The zero-order valence-electron chi connectivity index (χ0n) is 23.8. The number of halogens is 1. The number of aromatic nitrogens is 3. The van der Waals surface area contributed by atoms with Crippen LogP contribution in [0, 0.1) is 6.92 Å². The Bertz CT molecular complexity index is 1440. The molecule has 0 atom stereocenters. The van der Waals surface area contributed by atoms with Gasteiger partial charge in [-0.25, -0.2) is 0 Å². The van der Waals surface area contributed by atoms with E-state index in [4.69, 9.17) is 25.8 Å². The van der Waals surface area contributed by atoms with Gasteiger partial charge in [-0.05, 0) is 75.6 Å². The number of amides is 1. The first-order valence-electron chi connectivity index (χ1n) is 13.7. The molecule has 0 fully saturated rings. The molecule has 4 rings (SSSR count). The maximum absolute atomic E-state index is 12.9. The van der Waals surface area contributed by atoms with E-state index < -0.39 is 0 Å². The highest BCUT2D eigenvalue weighted by atomic mass is 35.5. The number of nitrogens with zero attached hydrogens (tertiary/aromatic N) is 3. The Balaban J connectivity index is 1.65. The fourth-order valence-electron chi connectivity index (χ4n) is 4.30. The zero-order chi connectivity index (χ0) is 29.2. The number of rotatable bonds is 14. The lowest BCUT2D eigenvalue weighted by Gasteiger charge is -2.17. The molecular weight excluding hydrogens is 560 g/mol. The van der Waals surface area contributed by atoms with Crippen molar-refractivity contribution >= 4 is 35.0 Å². The Morgan fingerprint density at radius 3 is 2.24 bits per heavy atom.